The van der Waals surface area contributed by atoms with Crippen LogP contribution in [0.2, 0.25) is 0 Å². The van der Waals surface area contributed by atoms with E-state index in [-0.39, 0.29) is 30.5 Å². The Morgan fingerprint density at radius 1 is 1.31 bits per heavy atom. The Bertz CT molecular complexity index is 886. The number of esters is 1. The first-order valence-electron chi connectivity index (χ1n) is 10.2. The maximum atomic E-state index is 16.8. The fraction of sp³-hybridized carbons (Fsp3) is 0.609. The average molecular weight is 402 g/mol. The zero-order valence-corrected chi connectivity index (χ0v) is 17.0. The smallest absolute Gasteiger partial charge is 0.303 e. The third kappa shape index (κ3) is 2.64. The van der Waals surface area contributed by atoms with Crippen LogP contribution in [0.25, 0.3) is 0 Å². The summed E-state index contributed by atoms with van der Waals surface area (Å²) in [4.78, 5) is 35.6. The number of aliphatic hydroxyl groups is 1. The molecule has 5 nitrogen and oxygen atoms in total. The van der Waals surface area contributed by atoms with E-state index < -0.39 is 34.5 Å². The first-order chi connectivity index (χ1) is 13.5. The molecule has 0 bridgehead atoms. The SMILES string of the molecule is CC(=O)OCC(=O)C1=CCC2C3CCC4=CC(=O)C=C[C@]4(C)[C@@]3(F)C(O)C[C@]12C. The molecule has 2 saturated carbocycles. The van der Waals surface area contributed by atoms with E-state index in [1.807, 2.05) is 13.0 Å². The van der Waals surface area contributed by atoms with Gasteiger partial charge in [0.15, 0.2) is 23.8 Å². The minimum Gasteiger partial charge on any atom is -0.457 e. The van der Waals surface area contributed by atoms with Gasteiger partial charge in [-0.05, 0) is 50.7 Å². The molecule has 3 unspecified atom stereocenters. The van der Waals surface area contributed by atoms with Crippen LogP contribution in [0, 0.1) is 22.7 Å². The Hall–Kier alpha value is -2.08. The Morgan fingerprint density at radius 3 is 2.72 bits per heavy atom. The van der Waals surface area contributed by atoms with Crippen LogP contribution < -0.4 is 0 Å². The van der Waals surface area contributed by atoms with Crippen molar-refractivity contribution in [1.29, 1.82) is 0 Å². The number of fused-ring (bicyclic) bond motifs is 5. The van der Waals surface area contributed by atoms with E-state index in [2.05, 4.69) is 0 Å². The molecule has 4 aliphatic rings. The van der Waals surface area contributed by atoms with Crippen molar-refractivity contribution in [2.45, 2.75) is 58.2 Å². The summed E-state index contributed by atoms with van der Waals surface area (Å²) in [5.41, 5.74) is -2.33. The number of halogens is 1. The molecule has 0 aliphatic heterocycles. The van der Waals surface area contributed by atoms with Crippen LogP contribution in [0.3, 0.4) is 0 Å². The van der Waals surface area contributed by atoms with Gasteiger partial charge in [-0.15, -0.1) is 0 Å². The lowest BCUT2D eigenvalue weighted by atomic mass is 9.45. The highest BCUT2D eigenvalue weighted by atomic mass is 19.1. The van der Waals surface area contributed by atoms with Crippen LogP contribution in [-0.2, 0) is 19.1 Å². The molecule has 29 heavy (non-hydrogen) atoms. The largest absolute Gasteiger partial charge is 0.457 e. The molecule has 6 atom stereocenters. The third-order valence-corrected chi connectivity index (χ3v) is 7.93. The van der Waals surface area contributed by atoms with Crippen molar-refractivity contribution in [1.82, 2.24) is 0 Å². The highest BCUT2D eigenvalue weighted by Crippen LogP contribution is 2.67. The number of hydrogen-bond acceptors (Lipinski definition) is 5. The van der Waals surface area contributed by atoms with Gasteiger partial charge in [-0.3, -0.25) is 14.4 Å². The predicted molar refractivity (Wildman–Crippen MR) is 103 cm³/mol. The molecule has 4 aliphatic carbocycles. The molecule has 0 aromatic heterocycles. The zero-order chi connectivity index (χ0) is 21.2. The normalized spacial score (nSPS) is 42.9. The average Bonchev–Trinajstić information content (AvgIpc) is 2.98. The Kier molecular flexibility index (Phi) is 4.50. The van der Waals surface area contributed by atoms with Gasteiger partial charge in [-0.1, -0.05) is 24.6 Å². The van der Waals surface area contributed by atoms with Gasteiger partial charge in [-0.25, -0.2) is 4.39 Å². The molecular weight excluding hydrogens is 375 g/mol. The standard InChI is InChI=1S/C23H27FO5/c1-13(25)29-12-19(27)18-7-6-16-17-5-4-14-10-15(26)8-9-22(14,3)23(17,24)20(28)11-21(16,18)2/h7-10,16-17,20,28H,4-6,11-12H2,1-3H3/t16?,17?,20?,21-,22-,23-/m0/s1. The topological polar surface area (TPSA) is 80.7 Å². The van der Waals surface area contributed by atoms with E-state index in [9.17, 15) is 19.5 Å². The lowest BCUT2D eigenvalue weighted by molar-refractivity contribution is -0.185. The number of carbonyl (C=O) groups is 3. The van der Waals surface area contributed by atoms with E-state index in [4.69, 9.17) is 4.74 Å². The van der Waals surface area contributed by atoms with Gasteiger partial charge >= 0.3 is 5.97 Å². The van der Waals surface area contributed by atoms with E-state index in [0.717, 1.165) is 5.57 Å². The number of alkyl halides is 1. The molecule has 1 N–H and O–H groups in total. The summed E-state index contributed by atoms with van der Waals surface area (Å²) in [6.45, 7) is 4.60. The van der Waals surface area contributed by atoms with Crippen molar-refractivity contribution in [2.75, 3.05) is 6.61 Å². The van der Waals surface area contributed by atoms with Gasteiger partial charge in [0, 0.05) is 29.2 Å². The fourth-order valence-electron chi connectivity index (χ4n) is 6.46. The number of ether oxygens (including phenoxy) is 1. The number of hydrogen-bond donors (Lipinski definition) is 1. The van der Waals surface area contributed by atoms with Gasteiger partial charge < -0.3 is 9.84 Å². The minimum atomic E-state index is -1.90. The van der Waals surface area contributed by atoms with Crippen LogP contribution in [0.4, 0.5) is 4.39 Å². The van der Waals surface area contributed by atoms with Gasteiger partial charge in [0.05, 0.1) is 6.10 Å². The molecule has 0 radical (unpaired) electrons. The third-order valence-electron chi connectivity index (χ3n) is 7.93. The summed E-state index contributed by atoms with van der Waals surface area (Å²) in [6, 6.07) is 0. The predicted octanol–water partition coefficient (Wildman–Crippen LogP) is 3.03. The fourth-order valence-corrected chi connectivity index (χ4v) is 6.46. The number of allylic oxidation sites excluding steroid dienone is 5. The molecule has 0 saturated heterocycles. The van der Waals surface area contributed by atoms with E-state index >= 15 is 4.39 Å². The van der Waals surface area contributed by atoms with Gasteiger partial charge in [-0.2, -0.15) is 0 Å². The van der Waals surface area contributed by atoms with Gasteiger partial charge in [0.25, 0.3) is 0 Å². The van der Waals surface area contributed by atoms with E-state index in [1.54, 1.807) is 13.0 Å². The van der Waals surface area contributed by atoms with Crippen LogP contribution in [0.1, 0.15) is 46.5 Å². The maximum absolute atomic E-state index is 16.8. The molecular formula is C23H27FO5. The summed E-state index contributed by atoms with van der Waals surface area (Å²) in [5.74, 6) is -1.52. The monoisotopic (exact) mass is 402 g/mol. The Balaban J connectivity index is 1.68. The van der Waals surface area contributed by atoms with Crippen molar-refractivity contribution < 1.29 is 28.6 Å². The Labute approximate surface area is 169 Å². The molecule has 4 rings (SSSR count). The first kappa shape index (κ1) is 20.2. The van der Waals surface area contributed by atoms with Gasteiger partial charge in [0.1, 0.15) is 0 Å². The first-order valence-corrected chi connectivity index (χ1v) is 10.2. The van der Waals surface area contributed by atoms with E-state index in [0.29, 0.717) is 24.8 Å². The van der Waals surface area contributed by atoms with E-state index in [1.165, 1.54) is 19.1 Å². The van der Waals surface area contributed by atoms with Crippen molar-refractivity contribution in [3.8, 4) is 0 Å². The molecule has 0 aromatic carbocycles. The molecule has 0 aromatic rings. The number of carbonyl (C=O) groups excluding carboxylic acids is 3. The molecule has 156 valence electrons. The summed E-state index contributed by atoms with van der Waals surface area (Å²) >= 11 is 0. The molecule has 0 spiro atoms. The molecule has 0 amide bonds. The zero-order valence-electron chi connectivity index (χ0n) is 17.0. The number of ketones is 2. The highest BCUT2D eigenvalue weighted by Gasteiger charge is 2.69. The molecule has 0 heterocycles. The summed E-state index contributed by atoms with van der Waals surface area (Å²) in [5, 5.41) is 11.1. The summed E-state index contributed by atoms with van der Waals surface area (Å²) in [6.07, 6.45) is 6.89. The van der Waals surface area contributed by atoms with Crippen LogP contribution >= 0.6 is 0 Å². The second-order valence-electron chi connectivity index (χ2n) is 9.32. The van der Waals surface area contributed by atoms with Gasteiger partial charge in [0.2, 0.25) is 0 Å². The highest BCUT2D eigenvalue weighted by molar-refractivity contribution is 6.01. The maximum Gasteiger partial charge on any atom is 0.303 e. The van der Waals surface area contributed by atoms with Crippen LogP contribution in [0.5, 0.6) is 0 Å². The van der Waals surface area contributed by atoms with Crippen molar-refractivity contribution in [3.63, 3.8) is 0 Å². The molecule has 6 heteroatoms. The second kappa shape index (κ2) is 6.46. The summed E-state index contributed by atoms with van der Waals surface area (Å²) in [7, 11) is 0. The van der Waals surface area contributed by atoms with Crippen molar-refractivity contribution in [2.24, 2.45) is 22.7 Å². The number of aliphatic hydroxyl groups excluding tert-OH is 1. The number of rotatable bonds is 3. The number of Topliss-reactive ketones (excluding diaryl/α,β-unsaturated/α-hetero) is 1. The Morgan fingerprint density at radius 2 is 2.03 bits per heavy atom. The molecule has 2 fully saturated rings. The van der Waals surface area contributed by atoms with Crippen LogP contribution in [-0.4, -0.2) is 41.0 Å². The second-order valence-corrected chi connectivity index (χ2v) is 9.32. The minimum absolute atomic E-state index is 0.118. The quantitative estimate of drug-likeness (QED) is 0.734. The summed E-state index contributed by atoms with van der Waals surface area (Å²) < 4.78 is 21.7. The van der Waals surface area contributed by atoms with Crippen LogP contribution in [0.15, 0.2) is 35.5 Å². The lowest BCUT2D eigenvalue weighted by Crippen LogP contribution is -2.66. The lowest BCUT2D eigenvalue weighted by Gasteiger charge is -2.61. The van der Waals surface area contributed by atoms with Crippen molar-refractivity contribution in [3.05, 3.63) is 35.5 Å². The van der Waals surface area contributed by atoms with Crippen molar-refractivity contribution >= 4 is 17.5 Å².